The van der Waals surface area contributed by atoms with E-state index in [0.717, 1.165) is 5.56 Å². The molecular weight excluding hydrogens is 274 g/mol. The molecule has 0 amide bonds. The number of carbonyl (C=O) groups is 1. The van der Waals surface area contributed by atoms with Crippen LogP contribution in [0.25, 0.3) is 22.4 Å². The van der Waals surface area contributed by atoms with E-state index in [9.17, 15) is 4.79 Å². The number of aromatic amines is 1. The molecule has 0 atom stereocenters. The number of furan rings is 1. The Morgan fingerprint density at radius 3 is 2.62 bits per heavy atom. The van der Waals surface area contributed by atoms with Crippen LogP contribution in [0.3, 0.4) is 0 Å². The van der Waals surface area contributed by atoms with Crippen LogP contribution < -0.4 is 9.47 Å². The summed E-state index contributed by atoms with van der Waals surface area (Å²) in [4.78, 5) is 13.7. The van der Waals surface area contributed by atoms with E-state index < -0.39 is 5.97 Å². The first-order valence-corrected chi connectivity index (χ1v) is 6.20. The molecule has 0 saturated carbocycles. The number of hydrogen-bond acceptors (Lipinski definition) is 4. The molecule has 0 aliphatic rings. The van der Waals surface area contributed by atoms with Crippen molar-refractivity contribution in [1.29, 1.82) is 0 Å². The summed E-state index contributed by atoms with van der Waals surface area (Å²) >= 11 is 0. The van der Waals surface area contributed by atoms with Gasteiger partial charge in [0, 0.05) is 12.1 Å². The predicted octanol–water partition coefficient (Wildman–Crippen LogP) is 3.14. The summed E-state index contributed by atoms with van der Waals surface area (Å²) < 4.78 is 16.2. The molecular formula is C15H13NO5. The molecule has 0 fully saturated rings. The number of ether oxygens (including phenoxy) is 2. The number of H-pyrrole nitrogens is 1. The fourth-order valence-electron chi connectivity index (χ4n) is 2.18. The van der Waals surface area contributed by atoms with E-state index in [0.29, 0.717) is 28.4 Å². The van der Waals surface area contributed by atoms with Crippen molar-refractivity contribution in [2.45, 2.75) is 0 Å². The molecule has 2 N–H and O–H groups in total. The molecule has 0 unspecified atom stereocenters. The molecule has 0 bridgehead atoms. The van der Waals surface area contributed by atoms with Gasteiger partial charge in [-0.1, -0.05) is 0 Å². The van der Waals surface area contributed by atoms with Crippen LogP contribution >= 0.6 is 0 Å². The van der Waals surface area contributed by atoms with Gasteiger partial charge in [-0.05, 0) is 18.2 Å². The maximum absolute atomic E-state index is 10.9. The molecule has 0 aliphatic carbocycles. The molecule has 1 aromatic carbocycles. The highest BCUT2D eigenvalue weighted by Gasteiger charge is 2.16. The van der Waals surface area contributed by atoms with Crippen LogP contribution in [-0.4, -0.2) is 30.3 Å². The van der Waals surface area contributed by atoms with Crippen molar-refractivity contribution in [1.82, 2.24) is 4.98 Å². The SMILES string of the molecule is COc1ccc(OC)c(-c2cc3[nH]c(C(=O)O)cc3o2)c1. The third-order valence-electron chi connectivity index (χ3n) is 3.21. The van der Waals surface area contributed by atoms with Crippen molar-refractivity contribution in [2.24, 2.45) is 0 Å². The second kappa shape index (κ2) is 4.90. The van der Waals surface area contributed by atoms with Crippen LogP contribution in [-0.2, 0) is 0 Å². The lowest BCUT2D eigenvalue weighted by atomic mass is 10.1. The molecule has 6 heteroatoms. The highest BCUT2D eigenvalue weighted by Crippen LogP contribution is 2.36. The Balaban J connectivity index is 2.11. The van der Waals surface area contributed by atoms with Gasteiger partial charge in [0.05, 0.1) is 25.3 Å². The Morgan fingerprint density at radius 2 is 2.00 bits per heavy atom. The van der Waals surface area contributed by atoms with Crippen LogP contribution in [0.2, 0.25) is 0 Å². The zero-order valence-corrected chi connectivity index (χ0v) is 11.5. The van der Waals surface area contributed by atoms with E-state index in [-0.39, 0.29) is 5.69 Å². The van der Waals surface area contributed by atoms with E-state index in [1.165, 1.54) is 6.07 Å². The van der Waals surface area contributed by atoms with Crippen LogP contribution in [0.4, 0.5) is 0 Å². The quantitative estimate of drug-likeness (QED) is 0.770. The largest absolute Gasteiger partial charge is 0.497 e. The third kappa shape index (κ3) is 2.20. The van der Waals surface area contributed by atoms with E-state index in [2.05, 4.69) is 4.98 Å². The number of aromatic nitrogens is 1. The van der Waals surface area contributed by atoms with Gasteiger partial charge in [0.25, 0.3) is 0 Å². The zero-order valence-electron chi connectivity index (χ0n) is 11.5. The number of carboxylic acid groups (broad SMARTS) is 1. The fourth-order valence-corrected chi connectivity index (χ4v) is 2.18. The molecule has 0 spiro atoms. The summed E-state index contributed by atoms with van der Waals surface area (Å²) in [6, 6.07) is 8.56. The lowest BCUT2D eigenvalue weighted by Crippen LogP contribution is -1.95. The summed E-state index contributed by atoms with van der Waals surface area (Å²) in [7, 11) is 3.15. The molecule has 6 nitrogen and oxygen atoms in total. The normalized spacial score (nSPS) is 10.8. The van der Waals surface area contributed by atoms with Gasteiger partial charge in [-0.3, -0.25) is 0 Å². The number of hydrogen-bond donors (Lipinski definition) is 2. The van der Waals surface area contributed by atoms with Crippen molar-refractivity contribution >= 4 is 17.1 Å². The smallest absolute Gasteiger partial charge is 0.352 e. The first-order chi connectivity index (χ1) is 10.1. The van der Waals surface area contributed by atoms with Gasteiger partial charge in [-0.2, -0.15) is 0 Å². The van der Waals surface area contributed by atoms with E-state index in [1.54, 1.807) is 38.5 Å². The van der Waals surface area contributed by atoms with Gasteiger partial charge in [-0.15, -0.1) is 0 Å². The molecule has 3 rings (SSSR count). The summed E-state index contributed by atoms with van der Waals surface area (Å²) in [6.07, 6.45) is 0. The minimum Gasteiger partial charge on any atom is -0.497 e. The highest BCUT2D eigenvalue weighted by atomic mass is 16.5. The topological polar surface area (TPSA) is 84.7 Å². The lowest BCUT2D eigenvalue weighted by Gasteiger charge is -2.08. The average molecular weight is 287 g/mol. The molecule has 0 saturated heterocycles. The highest BCUT2D eigenvalue weighted by molar-refractivity contribution is 5.93. The maximum atomic E-state index is 10.9. The Labute approximate surface area is 119 Å². The van der Waals surface area contributed by atoms with E-state index in [1.807, 2.05) is 0 Å². The Hall–Kier alpha value is -2.89. The van der Waals surface area contributed by atoms with Gasteiger partial charge in [-0.25, -0.2) is 4.79 Å². The van der Waals surface area contributed by atoms with Crippen molar-refractivity contribution in [3.05, 3.63) is 36.0 Å². The predicted molar refractivity (Wildman–Crippen MR) is 76.1 cm³/mol. The van der Waals surface area contributed by atoms with Crippen LogP contribution in [0.5, 0.6) is 11.5 Å². The Bertz CT molecular complexity index is 783. The first-order valence-electron chi connectivity index (χ1n) is 6.20. The number of benzene rings is 1. The standard InChI is InChI=1S/C15H13NO5/c1-19-8-3-4-12(20-2)9(5-8)13-6-10-14(21-13)7-11(16-10)15(17)18/h3-7,16H,1-2H3,(H,17,18). The van der Waals surface area contributed by atoms with Gasteiger partial charge in [0.1, 0.15) is 23.0 Å². The van der Waals surface area contributed by atoms with Gasteiger partial charge in [0.15, 0.2) is 5.58 Å². The summed E-state index contributed by atoms with van der Waals surface area (Å²) in [5.41, 5.74) is 1.92. The molecule has 0 radical (unpaired) electrons. The third-order valence-corrected chi connectivity index (χ3v) is 3.21. The lowest BCUT2D eigenvalue weighted by molar-refractivity contribution is 0.0691. The average Bonchev–Trinajstić information content (AvgIpc) is 3.05. The van der Waals surface area contributed by atoms with Crippen molar-refractivity contribution in [2.75, 3.05) is 14.2 Å². The minimum atomic E-state index is -1.03. The number of rotatable bonds is 4. The minimum absolute atomic E-state index is 0.0907. The second-order valence-electron chi connectivity index (χ2n) is 4.44. The van der Waals surface area contributed by atoms with E-state index in [4.69, 9.17) is 19.0 Å². The van der Waals surface area contributed by atoms with Crippen LogP contribution in [0.15, 0.2) is 34.7 Å². The van der Waals surface area contributed by atoms with Crippen molar-refractivity contribution in [3.63, 3.8) is 0 Å². The van der Waals surface area contributed by atoms with Gasteiger partial charge in [0.2, 0.25) is 0 Å². The fraction of sp³-hybridized carbons (Fsp3) is 0.133. The second-order valence-corrected chi connectivity index (χ2v) is 4.44. The summed E-state index contributed by atoms with van der Waals surface area (Å²) in [5, 5.41) is 8.93. The van der Waals surface area contributed by atoms with Gasteiger partial charge < -0.3 is 24.0 Å². The van der Waals surface area contributed by atoms with E-state index >= 15 is 0 Å². The number of fused-ring (bicyclic) bond motifs is 1. The number of aromatic carboxylic acids is 1. The zero-order chi connectivity index (χ0) is 15.0. The first kappa shape index (κ1) is 13.1. The Kier molecular flexibility index (Phi) is 3.06. The van der Waals surface area contributed by atoms with Crippen LogP contribution in [0.1, 0.15) is 10.5 Å². The molecule has 2 heterocycles. The number of methoxy groups -OCH3 is 2. The molecule has 3 aromatic rings. The number of carboxylic acids is 1. The molecule has 108 valence electrons. The monoisotopic (exact) mass is 287 g/mol. The summed E-state index contributed by atoms with van der Waals surface area (Å²) in [6.45, 7) is 0. The molecule has 0 aliphatic heterocycles. The maximum Gasteiger partial charge on any atom is 0.352 e. The Morgan fingerprint density at radius 1 is 1.19 bits per heavy atom. The number of nitrogens with one attached hydrogen (secondary N) is 1. The van der Waals surface area contributed by atoms with Crippen LogP contribution in [0, 0.1) is 0 Å². The summed E-state index contributed by atoms with van der Waals surface area (Å²) in [5.74, 6) is 0.869. The van der Waals surface area contributed by atoms with Crippen molar-refractivity contribution < 1.29 is 23.8 Å². The molecule has 21 heavy (non-hydrogen) atoms. The molecule has 2 aromatic heterocycles. The van der Waals surface area contributed by atoms with Crippen molar-refractivity contribution in [3.8, 4) is 22.8 Å². The van der Waals surface area contributed by atoms with Gasteiger partial charge >= 0.3 is 5.97 Å².